The first-order valence-electron chi connectivity index (χ1n) is 8.70. The van der Waals surface area contributed by atoms with Crippen molar-refractivity contribution in [3.05, 3.63) is 64.4 Å². The normalized spacial score (nSPS) is 11.1. The Kier molecular flexibility index (Phi) is 6.44. The van der Waals surface area contributed by atoms with Gasteiger partial charge in [0.2, 0.25) is 0 Å². The third-order valence-corrected chi connectivity index (χ3v) is 4.97. The van der Waals surface area contributed by atoms with Gasteiger partial charge in [0.05, 0.1) is 30.0 Å². The van der Waals surface area contributed by atoms with E-state index < -0.39 is 0 Å². The van der Waals surface area contributed by atoms with Crippen molar-refractivity contribution >= 4 is 34.8 Å². The molecule has 3 aromatic rings. The van der Waals surface area contributed by atoms with Crippen molar-refractivity contribution in [2.75, 3.05) is 12.9 Å². The molecule has 0 radical (unpaired) electrons. The maximum atomic E-state index is 12.6. The van der Waals surface area contributed by atoms with Crippen molar-refractivity contribution in [3.63, 3.8) is 0 Å². The molecule has 0 saturated heterocycles. The Bertz CT molecular complexity index is 1060. The van der Waals surface area contributed by atoms with Crippen LogP contribution in [-0.2, 0) is 11.3 Å². The summed E-state index contributed by atoms with van der Waals surface area (Å²) in [4.78, 5) is 29.2. The standard InChI is InChI=1S/C20H20N4O3S/c1-3-24-19(26)16-6-4-5-7-17(16)22-20(24)28-13-18(25)23-21-12-14-8-10-15(27-2)11-9-14/h4-12H,3,13H2,1-2H3,(H,23,25)/b21-12+. The minimum absolute atomic E-state index is 0.102. The number of ether oxygens (including phenoxy) is 1. The molecule has 0 aliphatic heterocycles. The molecule has 144 valence electrons. The van der Waals surface area contributed by atoms with Gasteiger partial charge in [-0.1, -0.05) is 23.9 Å². The number of amides is 1. The van der Waals surface area contributed by atoms with E-state index in [4.69, 9.17) is 4.74 Å². The maximum Gasteiger partial charge on any atom is 0.262 e. The first-order valence-corrected chi connectivity index (χ1v) is 9.69. The zero-order chi connectivity index (χ0) is 19.9. The number of para-hydroxylation sites is 1. The molecule has 1 amide bonds. The molecule has 2 aromatic carbocycles. The predicted molar refractivity (Wildman–Crippen MR) is 111 cm³/mol. The van der Waals surface area contributed by atoms with Gasteiger partial charge < -0.3 is 4.74 Å². The van der Waals surface area contributed by atoms with E-state index in [1.54, 1.807) is 30.0 Å². The van der Waals surface area contributed by atoms with E-state index in [9.17, 15) is 9.59 Å². The Morgan fingerprint density at radius 2 is 2.00 bits per heavy atom. The van der Waals surface area contributed by atoms with Gasteiger partial charge in [0, 0.05) is 6.54 Å². The van der Waals surface area contributed by atoms with E-state index in [-0.39, 0.29) is 17.2 Å². The van der Waals surface area contributed by atoms with Crippen LogP contribution in [0.25, 0.3) is 10.9 Å². The van der Waals surface area contributed by atoms with E-state index >= 15 is 0 Å². The average molecular weight is 396 g/mol. The molecule has 1 aromatic heterocycles. The van der Waals surface area contributed by atoms with Crippen LogP contribution in [0.3, 0.4) is 0 Å². The van der Waals surface area contributed by atoms with Gasteiger partial charge >= 0.3 is 0 Å². The van der Waals surface area contributed by atoms with Crippen molar-refractivity contribution in [2.45, 2.75) is 18.6 Å². The molecule has 0 unspecified atom stereocenters. The smallest absolute Gasteiger partial charge is 0.262 e. The van der Waals surface area contributed by atoms with Crippen molar-refractivity contribution in [2.24, 2.45) is 5.10 Å². The van der Waals surface area contributed by atoms with Crippen molar-refractivity contribution in [1.29, 1.82) is 0 Å². The van der Waals surface area contributed by atoms with Gasteiger partial charge in [0.15, 0.2) is 5.16 Å². The summed E-state index contributed by atoms with van der Waals surface area (Å²) in [5.74, 6) is 0.576. The largest absolute Gasteiger partial charge is 0.497 e. The summed E-state index contributed by atoms with van der Waals surface area (Å²) >= 11 is 1.21. The van der Waals surface area contributed by atoms with Crippen LogP contribution < -0.4 is 15.7 Å². The second kappa shape index (κ2) is 9.18. The highest BCUT2D eigenvalue weighted by molar-refractivity contribution is 7.99. The highest BCUT2D eigenvalue weighted by atomic mass is 32.2. The minimum atomic E-state index is -0.278. The third-order valence-electron chi connectivity index (χ3n) is 3.99. The van der Waals surface area contributed by atoms with E-state index in [2.05, 4.69) is 15.5 Å². The number of fused-ring (bicyclic) bond motifs is 1. The van der Waals surface area contributed by atoms with E-state index in [0.29, 0.717) is 22.6 Å². The first-order chi connectivity index (χ1) is 13.6. The van der Waals surface area contributed by atoms with Gasteiger partial charge in [-0.3, -0.25) is 14.2 Å². The second-order valence-corrected chi connectivity index (χ2v) is 6.76. The minimum Gasteiger partial charge on any atom is -0.497 e. The van der Waals surface area contributed by atoms with Crippen LogP contribution in [0.15, 0.2) is 63.6 Å². The van der Waals surface area contributed by atoms with Gasteiger partial charge in [-0.05, 0) is 48.9 Å². The molecule has 3 rings (SSSR count). The number of hydrogen-bond donors (Lipinski definition) is 1. The van der Waals surface area contributed by atoms with Gasteiger partial charge in [-0.15, -0.1) is 0 Å². The predicted octanol–water partition coefficient (Wildman–Crippen LogP) is 2.67. The van der Waals surface area contributed by atoms with Crippen molar-refractivity contribution in [1.82, 2.24) is 15.0 Å². The van der Waals surface area contributed by atoms with E-state index in [1.165, 1.54) is 11.8 Å². The fraction of sp³-hybridized carbons (Fsp3) is 0.200. The fourth-order valence-corrected chi connectivity index (χ4v) is 3.42. The number of nitrogens with one attached hydrogen (secondary N) is 1. The number of nitrogens with zero attached hydrogens (tertiary/aromatic N) is 3. The molecule has 0 saturated carbocycles. The summed E-state index contributed by atoms with van der Waals surface area (Å²) in [5.41, 5.74) is 3.84. The van der Waals surface area contributed by atoms with Crippen LogP contribution in [0.4, 0.5) is 0 Å². The molecule has 1 heterocycles. The highest BCUT2D eigenvalue weighted by Gasteiger charge is 2.11. The Morgan fingerprint density at radius 1 is 1.25 bits per heavy atom. The summed E-state index contributed by atoms with van der Waals surface area (Å²) in [6.07, 6.45) is 1.55. The lowest BCUT2D eigenvalue weighted by molar-refractivity contribution is -0.118. The molecule has 7 nitrogen and oxygen atoms in total. The Hall–Kier alpha value is -3.13. The number of carbonyl (C=O) groups excluding carboxylic acids is 1. The van der Waals surface area contributed by atoms with Gasteiger partial charge in [-0.2, -0.15) is 5.10 Å². The lowest BCUT2D eigenvalue weighted by Crippen LogP contribution is -2.24. The summed E-state index contributed by atoms with van der Waals surface area (Å²) in [7, 11) is 1.60. The second-order valence-electron chi connectivity index (χ2n) is 5.82. The number of carbonyl (C=O) groups is 1. The number of rotatable bonds is 7. The maximum absolute atomic E-state index is 12.6. The Labute approximate surface area is 166 Å². The average Bonchev–Trinajstić information content (AvgIpc) is 2.73. The molecule has 0 aliphatic carbocycles. The molecule has 0 aliphatic rings. The molecular formula is C20H20N4O3S. The van der Waals surface area contributed by atoms with Crippen LogP contribution >= 0.6 is 11.8 Å². The molecule has 8 heteroatoms. The monoisotopic (exact) mass is 396 g/mol. The summed E-state index contributed by atoms with van der Waals surface area (Å²) in [6, 6.07) is 14.5. The zero-order valence-electron chi connectivity index (χ0n) is 15.6. The first kappa shape index (κ1) is 19.6. The van der Waals surface area contributed by atoms with Crippen molar-refractivity contribution in [3.8, 4) is 5.75 Å². The fourth-order valence-electron chi connectivity index (χ4n) is 2.57. The van der Waals surface area contributed by atoms with Crippen LogP contribution in [0, 0.1) is 0 Å². The van der Waals surface area contributed by atoms with Crippen LogP contribution in [0.1, 0.15) is 12.5 Å². The van der Waals surface area contributed by atoms with Gasteiger partial charge in [-0.25, -0.2) is 10.4 Å². The number of thioether (sulfide) groups is 1. The van der Waals surface area contributed by atoms with Crippen LogP contribution in [-0.4, -0.2) is 34.5 Å². The molecular weight excluding hydrogens is 376 g/mol. The number of hydrazone groups is 1. The summed E-state index contributed by atoms with van der Waals surface area (Å²) in [5, 5.41) is 5.04. The number of benzene rings is 2. The molecule has 0 bridgehead atoms. The van der Waals surface area contributed by atoms with Crippen LogP contribution in [0.5, 0.6) is 5.75 Å². The zero-order valence-corrected chi connectivity index (χ0v) is 16.4. The molecule has 0 fully saturated rings. The van der Waals surface area contributed by atoms with E-state index in [0.717, 1.165) is 11.3 Å². The number of methoxy groups -OCH3 is 1. The molecule has 1 N–H and O–H groups in total. The summed E-state index contributed by atoms with van der Waals surface area (Å²) < 4.78 is 6.66. The lowest BCUT2D eigenvalue weighted by atomic mass is 10.2. The highest BCUT2D eigenvalue weighted by Crippen LogP contribution is 2.17. The lowest BCUT2D eigenvalue weighted by Gasteiger charge is -2.10. The molecule has 0 spiro atoms. The third kappa shape index (κ3) is 4.58. The van der Waals surface area contributed by atoms with Gasteiger partial charge in [0.1, 0.15) is 5.75 Å². The quantitative estimate of drug-likeness (QED) is 0.287. The Morgan fingerprint density at radius 3 is 2.71 bits per heavy atom. The Balaban J connectivity index is 1.64. The molecule has 28 heavy (non-hydrogen) atoms. The number of hydrogen-bond acceptors (Lipinski definition) is 6. The molecule has 0 atom stereocenters. The topological polar surface area (TPSA) is 85.6 Å². The SMILES string of the molecule is CCn1c(SCC(=O)N/N=C/c2ccc(OC)cc2)nc2ccccc2c1=O. The van der Waals surface area contributed by atoms with Crippen LogP contribution in [0.2, 0.25) is 0 Å². The summed E-state index contributed by atoms with van der Waals surface area (Å²) in [6.45, 7) is 2.36. The van der Waals surface area contributed by atoms with Crippen molar-refractivity contribution < 1.29 is 9.53 Å². The van der Waals surface area contributed by atoms with Gasteiger partial charge in [0.25, 0.3) is 11.5 Å². The van der Waals surface area contributed by atoms with E-state index in [1.807, 2.05) is 43.3 Å². The number of aromatic nitrogens is 2.